The van der Waals surface area contributed by atoms with E-state index in [4.69, 9.17) is 4.74 Å². The van der Waals surface area contributed by atoms with Crippen LogP contribution in [0.25, 0.3) is 0 Å². The molecule has 0 aliphatic rings. The van der Waals surface area contributed by atoms with Crippen molar-refractivity contribution in [3.05, 3.63) is 35.4 Å². The number of hydrogen-bond acceptors (Lipinski definition) is 4. The number of alkyl halides is 1. The van der Waals surface area contributed by atoms with Crippen molar-refractivity contribution in [1.82, 2.24) is 4.72 Å². The molecule has 0 fully saturated rings. The molecule has 0 aliphatic heterocycles. The summed E-state index contributed by atoms with van der Waals surface area (Å²) in [6.45, 7) is 15.6. The third kappa shape index (κ3) is 11.6. The summed E-state index contributed by atoms with van der Waals surface area (Å²) in [4.78, 5) is 11.5. The number of carbonyl (C=O) groups excluding carboxylic acids is 1. The minimum Gasteiger partial charge on any atom is -0.465 e. The Morgan fingerprint density at radius 1 is 1.10 bits per heavy atom. The van der Waals surface area contributed by atoms with Crippen LogP contribution in [0.1, 0.15) is 91.7 Å². The molecule has 1 N–H and O–H groups in total. The Bertz CT molecular complexity index is 753. The highest BCUT2D eigenvalue weighted by Crippen LogP contribution is 2.25. The van der Waals surface area contributed by atoms with Crippen molar-refractivity contribution in [2.24, 2.45) is 5.41 Å². The van der Waals surface area contributed by atoms with Crippen molar-refractivity contribution in [2.45, 2.75) is 86.0 Å². The smallest absolute Gasteiger partial charge is 0.311 e. The van der Waals surface area contributed by atoms with Crippen LogP contribution in [0.4, 0.5) is 4.39 Å². The molecule has 0 aliphatic carbocycles. The number of halogens is 1. The van der Waals surface area contributed by atoms with Crippen molar-refractivity contribution in [1.29, 1.82) is 0 Å². The van der Waals surface area contributed by atoms with Gasteiger partial charge in [0.15, 0.2) is 6.80 Å². The molecule has 0 spiro atoms. The van der Waals surface area contributed by atoms with Gasteiger partial charge >= 0.3 is 5.97 Å². The van der Waals surface area contributed by atoms with Crippen LogP contribution in [0, 0.1) is 5.41 Å². The molecule has 0 bridgehead atoms. The third-order valence-corrected chi connectivity index (χ3v) is 6.83. The highest BCUT2D eigenvalue weighted by atomic mass is 32.2. The van der Waals surface area contributed by atoms with E-state index in [9.17, 15) is 17.6 Å². The summed E-state index contributed by atoms with van der Waals surface area (Å²) in [6.07, 6.45) is 2.02. The van der Waals surface area contributed by atoms with Gasteiger partial charge < -0.3 is 4.74 Å². The molecule has 1 atom stereocenters. The molecule has 0 saturated carbocycles. The maximum absolute atomic E-state index is 11.8. The fraction of sp³-hybridized carbons (Fsp3) is 0.708. The van der Waals surface area contributed by atoms with Gasteiger partial charge in [0, 0.05) is 0 Å². The Hall–Kier alpha value is -1.47. The van der Waals surface area contributed by atoms with Crippen LogP contribution in [0.15, 0.2) is 24.3 Å². The average Bonchev–Trinajstić information content (AvgIpc) is 2.70. The number of nitrogens with one attached hydrogen (secondary N) is 1. The molecule has 0 saturated heterocycles. The Morgan fingerprint density at radius 2 is 1.65 bits per heavy atom. The Morgan fingerprint density at radius 3 is 2.06 bits per heavy atom. The number of carbonyl (C=O) groups is 1. The van der Waals surface area contributed by atoms with Crippen LogP contribution in [-0.2, 0) is 25.0 Å². The first kappa shape index (κ1) is 29.5. The maximum Gasteiger partial charge on any atom is 0.311 e. The van der Waals surface area contributed by atoms with E-state index in [1.807, 2.05) is 6.92 Å². The minimum atomic E-state index is -3.59. The first-order valence-corrected chi connectivity index (χ1v) is 12.7. The Labute approximate surface area is 189 Å². The second-order valence-electron chi connectivity index (χ2n) is 9.51. The molecule has 0 radical (unpaired) electrons. The summed E-state index contributed by atoms with van der Waals surface area (Å²) in [5, 5.41) is 0. The van der Waals surface area contributed by atoms with Crippen molar-refractivity contribution >= 4 is 16.0 Å². The molecule has 0 heterocycles. The van der Waals surface area contributed by atoms with Crippen LogP contribution in [0.2, 0.25) is 0 Å². The van der Waals surface area contributed by atoms with Gasteiger partial charge in [0.1, 0.15) is 0 Å². The number of hydrogen-bond donors (Lipinski definition) is 1. The van der Waals surface area contributed by atoms with Crippen molar-refractivity contribution in [3.8, 4) is 0 Å². The molecule has 0 aromatic heterocycles. The van der Waals surface area contributed by atoms with E-state index in [-0.39, 0.29) is 30.2 Å². The molecule has 31 heavy (non-hydrogen) atoms. The Kier molecular flexibility index (Phi) is 12.5. The number of ether oxygens (including phenoxy) is 1. The van der Waals surface area contributed by atoms with Gasteiger partial charge in [-0.3, -0.25) is 4.79 Å². The molecule has 1 unspecified atom stereocenters. The number of rotatable bonds is 10. The van der Waals surface area contributed by atoms with E-state index >= 15 is 0 Å². The van der Waals surface area contributed by atoms with Gasteiger partial charge in [0.2, 0.25) is 10.0 Å². The van der Waals surface area contributed by atoms with E-state index in [1.165, 1.54) is 17.5 Å². The first-order valence-electron chi connectivity index (χ1n) is 11.0. The quantitative estimate of drug-likeness (QED) is 0.277. The lowest BCUT2D eigenvalue weighted by molar-refractivity contribution is -0.154. The second kappa shape index (κ2) is 13.2. The lowest BCUT2D eigenvalue weighted by Gasteiger charge is -2.20. The predicted molar refractivity (Wildman–Crippen MR) is 126 cm³/mol. The number of esters is 1. The van der Waals surface area contributed by atoms with Crippen molar-refractivity contribution in [2.75, 3.05) is 19.2 Å². The lowest BCUT2D eigenvalue weighted by atomic mass is 9.85. The molecule has 0 amide bonds. The molecule has 180 valence electrons. The monoisotopic (exact) mass is 459 g/mol. The molecular formula is C24H42FNO4S. The SMILES string of the molecule is CCC(C)(C)C(=O)OCCCS(=O)(=O)NCF.CCC(C)c1ccc(C(C)(C)C)cc1. The molecular weight excluding hydrogens is 417 g/mol. The van der Waals surface area contributed by atoms with Gasteiger partial charge in [-0.25, -0.2) is 12.8 Å². The maximum atomic E-state index is 11.8. The summed E-state index contributed by atoms with van der Waals surface area (Å²) in [6, 6.07) is 9.08. The molecule has 1 rings (SSSR count). The van der Waals surface area contributed by atoms with Gasteiger partial charge in [-0.1, -0.05) is 65.8 Å². The standard InChI is InChI=1S/C14H22.C10H20FNO4S/c1-6-11(2)12-7-9-13(10-8-12)14(3,4)5;1-4-10(2,3)9(13)16-6-5-7-17(14,15)12-8-11/h7-11H,6H2,1-5H3;12H,4-8H2,1-3H3. The van der Waals surface area contributed by atoms with Crippen LogP contribution in [0.3, 0.4) is 0 Å². The molecule has 1 aromatic carbocycles. The first-order chi connectivity index (χ1) is 14.2. The molecule has 1 aromatic rings. The normalized spacial score (nSPS) is 13.2. The predicted octanol–water partition coefficient (Wildman–Crippen LogP) is 5.70. The van der Waals surface area contributed by atoms with E-state index in [0.29, 0.717) is 12.3 Å². The van der Waals surface area contributed by atoms with Crippen LogP contribution in [0.5, 0.6) is 0 Å². The zero-order valence-corrected chi connectivity index (χ0v) is 21.4. The van der Waals surface area contributed by atoms with Gasteiger partial charge in [-0.15, -0.1) is 0 Å². The summed E-state index contributed by atoms with van der Waals surface area (Å²) < 4.78 is 40.5. The largest absolute Gasteiger partial charge is 0.465 e. The van der Waals surface area contributed by atoms with Gasteiger partial charge in [0.05, 0.1) is 17.8 Å². The average molecular weight is 460 g/mol. The summed E-state index contributed by atoms with van der Waals surface area (Å²) in [7, 11) is -3.59. The fourth-order valence-corrected chi connectivity index (χ4v) is 3.26. The molecule has 5 nitrogen and oxygen atoms in total. The van der Waals surface area contributed by atoms with E-state index in [2.05, 4.69) is 58.9 Å². The number of sulfonamides is 1. The zero-order chi connectivity index (χ0) is 24.3. The van der Waals surface area contributed by atoms with E-state index in [0.717, 1.165) is 0 Å². The third-order valence-electron chi connectivity index (χ3n) is 5.46. The van der Waals surface area contributed by atoms with Gasteiger partial charge in [0.25, 0.3) is 0 Å². The van der Waals surface area contributed by atoms with E-state index in [1.54, 1.807) is 18.6 Å². The van der Waals surface area contributed by atoms with Crippen LogP contribution >= 0.6 is 0 Å². The second-order valence-corrected chi connectivity index (χ2v) is 11.4. The van der Waals surface area contributed by atoms with Gasteiger partial charge in [-0.2, -0.15) is 4.72 Å². The van der Waals surface area contributed by atoms with Crippen LogP contribution < -0.4 is 4.72 Å². The Balaban J connectivity index is 0.000000590. The van der Waals surface area contributed by atoms with Gasteiger partial charge in [-0.05, 0) is 55.6 Å². The summed E-state index contributed by atoms with van der Waals surface area (Å²) in [5.41, 5.74) is 2.59. The fourth-order valence-electron chi connectivity index (χ4n) is 2.46. The van der Waals surface area contributed by atoms with Crippen molar-refractivity contribution < 1.29 is 22.3 Å². The highest BCUT2D eigenvalue weighted by molar-refractivity contribution is 7.89. The lowest BCUT2D eigenvalue weighted by Crippen LogP contribution is -2.28. The summed E-state index contributed by atoms with van der Waals surface area (Å²) >= 11 is 0. The number of benzene rings is 1. The summed E-state index contributed by atoms with van der Waals surface area (Å²) in [5.74, 6) is 0.0800. The van der Waals surface area contributed by atoms with E-state index < -0.39 is 22.2 Å². The molecule has 7 heteroatoms. The zero-order valence-electron chi connectivity index (χ0n) is 20.5. The van der Waals surface area contributed by atoms with Crippen LogP contribution in [-0.4, -0.2) is 33.5 Å². The van der Waals surface area contributed by atoms with Crippen molar-refractivity contribution in [3.63, 3.8) is 0 Å². The minimum absolute atomic E-state index is 0.0233. The highest BCUT2D eigenvalue weighted by Gasteiger charge is 2.26. The topological polar surface area (TPSA) is 72.5 Å².